The molecule has 2 heterocycles. The average Bonchev–Trinajstić information content (AvgIpc) is 3.01. The standard InChI is InChI=1S/C15H15ClN4O2S/c1-8(21)17-9-3-4-10(12(16)5-9)15(22)18-14-11-6-23-7-13(11)19-20(14)2/h3-5H,6-7H2,1-2H3,(H,17,21)(H,18,22). The van der Waals surface area contributed by atoms with Crippen LogP contribution in [0.1, 0.15) is 28.5 Å². The van der Waals surface area contributed by atoms with Gasteiger partial charge in [-0.05, 0) is 18.2 Å². The molecule has 2 amide bonds. The van der Waals surface area contributed by atoms with E-state index in [0.29, 0.717) is 17.1 Å². The third-order valence-corrected chi connectivity index (χ3v) is 4.76. The highest BCUT2D eigenvalue weighted by Gasteiger charge is 2.23. The van der Waals surface area contributed by atoms with E-state index in [1.807, 2.05) is 0 Å². The molecular weight excluding hydrogens is 336 g/mol. The topological polar surface area (TPSA) is 76.0 Å². The van der Waals surface area contributed by atoms with Crippen molar-refractivity contribution in [2.75, 3.05) is 10.6 Å². The van der Waals surface area contributed by atoms with Crippen LogP contribution in [0.2, 0.25) is 5.02 Å². The summed E-state index contributed by atoms with van der Waals surface area (Å²) in [5, 5.41) is 10.2. The van der Waals surface area contributed by atoms with Crippen LogP contribution in [-0.2, 0) is 23.3 Å². The molecule has 0 unspecified atom stereocenters. The number of thioether (sulfide) groups is 1. The minimum absolute atomic E-state index is 0.193. The molecule has 3 rings (SSSR count). The lowest BCUT2D eigenvalue weighted by Gasteiger charge is -2.10. The highest BCUT2D eigenvalue weighted by molar-refractivity contribution is 7.98. The first kappa shape index (κ1) is 15.9. The summed E-state index contributed by atoms with van der Waals surface area (Å²) in [5.41, 5.74) is 2.98. The molecule has 23 heavy (non-hydrogen) atoms. The van der Waals surface area contributed by atoms with Crippen molar-refractivity contribution in [1.82, 2.24) is 9.78 Å². The maximum atomic E-state index is 12.5. The largest absolute Gasteiger partial charge is 0.326 e. The summed E-state index contributed by atoms with van der Waals surface area (Å²) in [6.07, 6.45) is 0. The normalized spacial score (nSPS) is 12.8. The van der Waals surface area contributed by atoms with Gasteiger partial charge in [0, 0.05) is 36.7 Å². The molecule has 0 aliphatic carbocycles. The van der Waals surface area contributed by atoms with E-state index in [2.05, 4.69) is 15.7 Å². The molecule has 0 spiro atoms. The van der Waals surface area contributed by atoms with Crippen LogP contribution >= 0.6 is 23.4 Å². The van der Waals surface area contributed by atoms with Gasteiger partial charge in [0.05, 0.1) is 16.3 Å². The summed E-state index contributed by atoms with van der Waals surface area (Å²) in [7, 11) is 1.81. The van der Waals surface area contributed by atoms with E-state index in [4.69, 9.17) is 11.6 Å². The summed E-state index contributed by atoms with van der Waals surface area (Å²) in [4.78, 5) is 23.5. The van der Waals surface area contributed by atoms with Crippen molar-refractivity contribution in [3.05, 3.63) is 40.0 Å². The number of nitrogens with one attached hydrogen (secondary N) is 2. The number of carbonyl (C=O) groups excluding carboxylic acids is 2. The molecule has 2 aromatic rings. The second-order valence-electron chi connectivity index (χ2n) is 5.22. The number of nitrogens with zero attached hydrogens (tertiary/aromatic N) is 2. The Morgan fingerprint density at radius 1 is 1.30 bits per heavy atom. The summed E-state index contributed by atoms with van der Waals surface area (Å²) in [6.45, 7) is 1.41. The molecule has 0 saturated carbocycles. The van der Waals surface area contributed by atoms with Gasteiger partial charge >= 0.3 is 0 Å². The Labute approximate surface area is 142 Å². The number of halogens is 1. The predicted octanol–water partition coefficient (Wildman–Crippen LogP) is 3.03. The van der Waals surface area contributed by atoms with Gasteiger partial charge < -0.3 is 10.6 Å². The Morgan fingerprint density at radius 3 is 2.78 bits per heavy atom. The Balaban J connectivity index is 1.83. The Bertz CT molecular complexity index is 803. The minimum atomic E-state index is -0.299. The quantitative estimate of drug-likeness (QED) is 0.892. The van der Waals surface area contributed by atoms with Gasteiger partial charge in [0.15, 0.2) is 0 Å². The number of aromatic nitrogens is 2. The fourth-order valence-electron chi connectivity index (χ4n) is 2.45. The van der Waals surface area contributed by atoms with E-state index in [1.165, 1.54) is 6.92 Å². The summed E-state index contributed by atoms with van der Waals surface area (Å²) in [5.74, 6) is 1.92. The fourth-order valence-corrected chi connectivity index (χ4v) is 3.75. The van der Waals surface area contributed by atoms with E-state index in [0.717, 1.165) is 22.8 Å². The Kier molecular flexibility index (Phi) is 4.32. The van der Waals surface area contributed by atoms with Gasteiger partial charge in [-0.2, -0.15) is 16.9 Å². The lowest BCUT2D eigenvalue weighted by atomic mass is 10.2. The van der Waals surface area contributed by atoms with Crippen molar-refractivity contribution >= 4 is 46.7 Å². The second-order valence-corrected chi connectivity index (χ2v) is 6.61. The van der Waals surface area contributed by atoms with Crippen molar-refractivity contribution in [2.45, 2.75) is 18.4 Å². The highest BCUT2D eigenvalue weighted by Crippen LogP contribution is 2.34. The molecule has 1 aromatic heterocycles. The molecule has 0 atom stereocenters. The Hall–Kier alpha value is -1.99. The zero-order valence-electron chi connectivity index (χ0n) is 12.6. The molecule has 120 valence electrons. The third kappa shape index (κ3) is 3.20. The molecule has 2 N–H and O–H groups in total. The molecule has 8 heteroatoms. The van der Waals surface area contributed by atoms with Crippen LogP contribution < -0.4 is 10.6 Å². The maximum absolute atomic E-state index is 12.5. The first-order valence-electron chi connectivity index (χ1n) is 6.96. The number of hydrogen-bond donors (Lipinski definition) is 2. The van der Waals surface area contributed by atoms with Gasteiger partial charge in [-0.25, -0.2) is 0 Å². The van der Waals surface area contributed by atoms with Gasteiger partial charge in [0.1, 0.15) is 5.82 Å². The molecule has 0 saturated heterocycles. The number of rotatable bonds is 3. The Morgan fingerprint density at radius 2 is 2.09 bits per heavy atom. The van der Waals surface area contributed by atoms with Gasteiger partial charge in [0.2, 0.25) is 5.91 Å². The number of carbonyl (C=O) groups is 2. The number of anilines is 2. The SMILES string of the molecule is CC(=O)Nc1ccc(C(=O)Nc2c3c(nn2C)CSC3)c(Cl)c1. The summed E-state index contributed by atoms with van der Waals surface area (Å²) in [6, 6.07) is 4.79. The molecule has 1 aliphatic heterocycles. The summed E-state index contributed by atoms with van der Waals surface area (Å²) < 4.78 is 1.68. The van der Waals surface area contributed by atoms with Crippen LogP contribution in [0.15, 0.2) is 18.2 Å². The maximum Gasteiger partial charge on any atom is 0.258 e. The van der Waals surface area contributed by atoms with Gasteiger partial charge in [-0.3, -0.25) is 14.3 Å². The van der Waals surface area contributed by atoms with Crippen LogP contribution in [0.25, 0.3) is 0 Å². The highest BCUT2D eigenvalue weighted by atomic mass is 35.5. The van der Waals surface area contributed by atoms with Crippen LogP contribution in [0, 0.1) is 0 Å². The van der Waals surface area contributed by atoms with Crippen LogP contribution in [0.5, 0.6) is 0 Å². The number of hydrogen-bond acceptors (Lipinski definition) is 4. The van der Waals surface area contributed by atoms with Crippen LogP contribution in [0.4, 0.5) is 11.5 Å². The minimum Gasteiger partial charge on any atom is -0.326 e. The number of aryl methyl sites for hydroxylation is 1. The number of amides is 2. The van der Waals surface area contributed by atoms with E-state index in [-0.39, 0.29) is 16.8 Å². The molecule has 1 aliphatic rings. The molecule has 6 nitrogen and oxygen atoms in total. The molecule has 0 bridgehead atoms. The van der Waals surface area contributed by atoms with E-state index in [9.17, 15) is 9.59 Å². The predicted molar refractivity (Wildman–Crippen MR) is 91.9 cm³/mol. The summed E-state index contributed by atoms with van der Waals surface area (Å²) >= 11 is 7.94. The zero-order valence-corrected chi connectivity index (χ0v) is 14.2. The van der Waals surface area contributed by atoms with E-state index >= 15 is 0 Å². The van der Waals surface area contributed by atoms with E-state index in [1.54, 1.807) is 41.7 Å². The second kappa shape index (κ2) is 6.25. The molecule has 0 radical (unpaired) electrons. The average molecular weight is 351 g/mol. The van der Waals surface area contributed by atoms with Crippen molar-refractivity contribution in [2.24, 2.45) is 7.05 Å². The van der Waals surface area contributed by atoms with Crippen molar-refractivity contribution in [1.29, 1.82) is 0 Å². The third-order valence-electron chi connectivity index (χ3n) is 3.48. The van der Waals surface area contributed by atoms with Crippen molar-refractivity contribution < 1.29 is 9.59 Å². The van der Waals surface area contributed by atoms with Crippen molar-refractivity contribution in [3.63, 3.8) is 0 Å². The molecule has 0 fully saturated rings. The van der Waals surface area contributed by atoms with Crippen LogP contribution in [-0.4, -0.2) is 21.6 Å². The first-order chi connectivity index (χ1) is 11.0. The van der Waals surface area contributed by atoms with Gasteiger partial charge in [-0.15, -0.1) is 0 Å². The molecule has 1 aromatic carbocycles. The van der Waals surface area contributed by atoms with Gasteiger partial charge in [0.25, 0.3) is 5.91 Å². The van der Waals surface area contributed by atoms with Crippen molar-refractivity contribution in [3.8, 4) is 0 Å². The monoisotopic (exact) mass is 350 g/mol. The molecular formula is C15H15ClN4O2S. The van der Waals surface area contributed by atoms with Gasteiger partial charge in [-0.1, -0.05) is 11.6 Å². The van der Waals surface area contributed by atoms with E-state index < -0.39 is 0 Å². The van der Waals surface area contributed by atoms with Crippen LogP contribution in [0.3, 0.4) is 0 Å². The fraction of sp³-hybridized carbons (Fsp3) is 0.267. The lowest BCUT2D eigenvalue weighted by Crippen LogP contribution is -2.16. The first-order valence-corrected chi connectivity index (χ1v) is 8.50. The zero-order chi connectivity index (χ0) is 16.6. The number of benzene rings is 1. The smallest absolute Gasteiger partial charge is 0.258 e. The lowest BCUT2D eigenvalue weighted by molar-refractivity contribution is -0.114. The number of fused-ring (bicyclic) bond motifs is 1.